The first-order valence-corrected chi connectivity index (χ1v) is 7.58. The van der Waals surface area contributed by atoms with Crippen LogP contribution in [0.15, 0.2) is 24.3 Å². The van der Waals surface area contributed by atoms with Gasteiger partial charge < -0.3 is 33.2 Å². The number of esters is 1. The summed E-state index contributed by atoms with van der Waals surface area (Å²) in [6, 6.07) is 8.95. The van der Waals surface area contributed by atoms with E-state index >= 15 is 0 Å². The van der Waals surface area contributed by atoms with Crippen LogP contribution in [0.1, 0.15) is 41.6 Å². The van der Waals surface area contributed by atoms with E-state index in [0.29, 0.717) is 17.6 Å². The zero-order chi connectivity index (χ0) is 14.3. The summed E-state index contributed by atoms with van der Waals surface area (Å²) in [4.78, 5) is 12.2. The maximum atomic E-state index is 12.2. The van der Waals surface area contributed by atoms with Crippen molar-refractivity contribution < 1.29 is 38.0 Å². The lowest BCUT2D eigenvalue weighted by atomic mass is 9.98. The van der Waals surface area contributed by atoms with Crippen LogP contribution in [-0.4, -0.2) is 42.7 Å². The van der Waals surface area contributed by atoms with E-state index in [-0.39, 0.29) is 36.0 Å². The second kappa shape index (κ2) is 6.24. The largest absolute Gasteiger partial charge is 1.00 e. The minimum Gasteiger partial charge on any atom is -1.00 e. The highest BCUT2D eigenvalue weighted by Gasteiger charge is 2.49. The lowest BCUT2D eigenvalue weighted by Gasteiger charge is -2.43. The monoisotopic (exact) mass is 401 g/mol. The number of rotatable bonds is 2. The molecule has 2 aliphatic heterocycles. The molecule has 3 nitrogen and oxygen atoms in total. The fourth-order valence-electron chi connectivity index (χ4n) is 3.84. The number of ether oxygens (including phenoxy) is 1. The fourth-order valence-corrected chi connectivity index (χ4v) is 3.84. The third-order valence-corrected chi connectivity index (χ3v) is 5.35. The number of carbonyl (C=O) groups excluding carboxylic acids is 1. The zero-order valence-corrected chi connectivity index (χ0v) is 15.2. The van der Waals surface area contributed by atoms with Crippen LogP contribution in [0.5, 0.6) is 0 Å². The molecule has 2 heterocycles. The molecule has 2 bridgehead atoms. The summed E-state index contributed by atoms with van der Waals surface area (Å²) in [7, 11) is 4.64. The van der Waals surface area contributed by atoms with E-state index in [4.69, 9.17) is 4.74 Å². The number of hydrogen-bond donors (Lipinski definition) is 0. The second-order valence-corrected chi connectivity index (χ2v) is 6.88. The maximum absolute atomic E-state index is 12.2. The van der Waals surface area contributed by atoms with Gasteiger partial charge in [-0.05, 0) is 19.1 Å². The minimum absolute atomic E-state index is 0. The van der Waals surface area contributed by atoms with E-state index in [1.165, 1.54) is 12.8 Å². The molecule has 2 fully saturated rings. The van der Waals surface area contributed by atoms with Gasteiger partial charge in [0.15, 0.2) is 0 Å². The normalized spacial score (nSPS) is 29.6. The number of piperidine rings is 1. The first-order chi connectivity index (χ1) is 9.46. The number of quaternary nitrogens is 1. The van der Waals surface area contributed by atoms with Crippen molar-refractivity contribution in [2.24, 2.45) is 0 Å². The third kappa shape index (κ3) is 3.26. The smallest absolute Gasteiger partial charge is 0.338 e. The highest BCUT2D eigenvalue weighted by molar-refractivity contribution is 5.89. The predicted octanol–water partition coefficient (Wildman–Crippen LogP) is -0.0744. The topological polar surface area (TPSA) is 26.3 Å². The van der Waals surface area contributed by atoms with E-state index in [9.17, 15) is 4.79 Å². The molecule has 0 aromatic heterocycles. The zero-order valence-electron chi connectivity index (χ0n) is 13.0. The van der Waals surface area contributed by atoms with Crippen molar-refractivity contribution in [1.82, 2.24) is 0 Å². The van der Waals surface area contributed by atoms with Crippen LogP contribution in [0.2, 0.25) is 0 Å². The Hall–Kier alpha value is -0.620. The molecule has 0 saturated carbocycles. The summed E-state index contributed by atoms with van der Waals surface area (Å²) in [5.74, 6) is -0.165. The third-order valence-electron chi connectivity index (χ3n) is 5.35. The molecule has 3 rings (SSSR count). The Kier molecular flexibility index (Phi) is 4.98. The number of halogens is 1. The second-order valence-electron chi connectivity index (χ2n) is 6.88. The van der Waals surface area contributed by atoms with Crippen molar-refractivity contribution in [1.29, 1.82) is 0 Å². The van der Waals surface area contributed by atoms with Crippen LogP contribution in [-0.2, 0) is 4.74 Å². The van der Waals surface area contributed by atoms with E-state index in [0.717, 1.165) is 22.9 Å². The van der Waals surface area contributed by atoms with E-state index in [1.807, 2.05) is 31.2 Å². The molecule has 21 heavy (non-hydrogen) atoms. The van der Waals surface area contributed by atoms with Crippen molar-refractivity contribution in [3.8, 4) is 0 Å². The standard InChI is InChI=1S/C17H24NO2.HI/c1-12-4-6-13(7-5-12)17(19)20-16-10-14-8-9-15(11-16)18(14,2)3;/h4-7,14-16H,8-11H2,1-3H3;1H/q+1;/p-1/t14-,15+,16?;. The van der Waals surface area contributed by atoms with Crippen molar-refractivity contribution in [2.45, 2.75) is 50.8 Å². The van der Waals surface area contributed by atoms with Crippen LogP contribution in [0, 0.1) is 6.92 Å². The van der Waals surface area contributed by atoms with Crippen LogP contribution < -0.4 is 24.0 Å². The molecular weight excluding hydrogens is 377 g/mol. The molecule has 0 amide bonds. The lowest BCUT2D eigenvalue weighted by Crippen LogP contribution is -3.00. The summed E-state index contributed by atoms with van der Waals surface area (Å²) < 4.78 is 6.85. The average Bonchev–Trinajstić information content (AvgIpc) is 2.59. The molecule has 0 aliphatic carbocycles. The molecule has 0 N–H and O–H groups in total. The Morgan fingerprint density at radius 2 is 1.62 bits per heavy atom. The number of nitrogens with zero attached hydrogens (tertiary/aromatic N) is 1. The van der Waals surface area contributed by atoms with Crippen LogP contribution in [0.4, 0.5) is 0 Å². The Morgan fingerprint density at radius 1 is 1.10 bits per heavy atom. The number of carbonyl (C=O) groups is 1. The molecule has 2 saturated heterocycles. The van der Waals surface area contributed by atoms with E-state index in [2.05, 4.69) is 14.1 Å². The number of aryl methyl sites for hydroxylation is 1. The Morgan fingerprint density at radius 3 is 2.14 bits per heavy atom. The van der Waals surface area contributed by atoms with Crippen molar-refractivity contribution in [3.63, 3.8) is 0 Å². The van der Waals surface area contributed by atoms with Crippen molar-refractivity contribution in [2.75, 3.05) is 14.1 Å². The number of hydrogen-bond acceptors (Lipinski definition) is 2. The number of benzene rings is 1. The average molecular weight is 401 g/mol. The lowest BCUT2D eigenvalue weighted by molar-refractivity contribution is -0.931. The molecule has 2 aliphatic rings. The SMILES string of the molecule is Cc1ccc(C(=O)OC2C[C@H]3CC[C@@H](C2)[N+]3(C)C)cc1.[I-]. The van der Waals surface area contributed by atoms with Gasteiger partial charge in [-0.1, -0.05) is 17.7 Å². The Labute approximate surface area is 144 Å². The Bertz CT molecular complexity index is 496. The molecule has 0 spiro atoms. The summed E-state index contributed by atoms with van der Waals surface area (Å²) in [6.45, 7) is 2.02. The first kappa shape index (κ1) is 16.7. The van der Waals surface area contributed by atoms with Gasteiger partial charge in [0, 0.05) is 25.7 Å². The predicted molar refractivity (Wildman–Crippen MR) is 78.5 cm³/mol. The number of fused-ring (bicyclic) bond motifs is 2. The molecule has 116 valence electrons. The summed E-state index contributed by atoms with van der Waals surface area (Å²) in [6.07, 6.45) is 4.68. The highest BCUT2D eigenvalue weighted by atomic mass is 127. The van der Waals surface area contributed by atoms with Gasteiger partial charge in [-0.3, -0.25) is 0 Å². The molecule has 1 unspecified atom stereocenters. The van der Waals surface area contributed by atoms with Gasteiger partial charge in [-0.2, -0.15) is 0 Å². The van der Waals surface area contributed by atoms with Gasteiger partial charge in [-0.15, -0.1) is 0 Å². The summed E-state index contributed by atoms with van der Waals surface area (Å²) in [5.41, 5.74) is 1.83. The van der Waals surface area contributed by atoms with Gasteiger partial charge >= 0.3 is 5.97 Å². The quantitative estimate of drug-likeness (QED) is 0.394. The van der Waals surface area contributed by atoms with E-state index < -0.39 is 0 Å². The fraction of sp³-hybridized carbons (Fsp3) is 0.588. The molecule has 4 heteroatoms. The summed E-state index contributed by atoms with van der Waals surface area (Å²) in [5, 5.41) is 0. The maximum Gasteiger partial charge on any atom is 0.338 e. The van der Waals surface area contributed by atoms with Gasteiger partial charge in [0.2, 0.25) is 0 Å². The molecule has 0 radical (unpaired) electrons. The molecule has 1 aromatic carbocycles. The van der Waals surface area contributed by atoms with Crippen molar-refractivity contribution in [3.05, 3.63) is 35.4 Å². The van der Waals surface area contributed by atoms with Crippen molar-refractivity contribution >= 4 is 5.97 Å². The van der Waals surface area contributed by atoms with Crippen LogP contribution in [0.25, 0.3) is 0 Å². The van der Waals surface area contributed by atoms with Crippen LogP contribution >= 0.6 is 0 Å². The summed E-state index contributed by atoms with van der Waals surface area (Å²) >= 11 is 0. The molecular formula is C17H24INO2. The minimum atomic E-state index is -0.165. The molecule has 3 atom stereocenters. The van der Waals surface area contributed by atoms with Crippen LogP contribution in [0.3, 0.4) is 0 Å². The van der Waals surface area contributed by atoms with E-state index in [1.54, 1.807) is 0 Å². The van der Waals surface area contributed by atoms with Gasteiger partial charge in [0.25, 0.3) is 0 Å². The van der Waals surface area contributed by atoms with Gasteiger partial charge in [0.05, 0.1) is 31.7 Å². The molecule has 1 aromatic rings. The first-order valence-electron chi connectivity index (χ1n) is 7.58. The van der Waals surface area contributed by atoms with Gasteiger partial charge in [0.1, 0.15) is 6.10 Å². The highest BCUT2D eigenvalue weighted by Crippen LogP contribution is 2.40. The Balaban J connectivity index is 0.00000161. The van der Waals surface area contributed by atoms with Gasteiger partial charge in [-0.25, -0.2) is 4.79 Å².